The molecular weight excluding hydrogens is 504 g/mol. The average molecular weight is 531 g/mol. The maximum absolute atomic E-state index is 13.6. The van der Waals surface area contributed by atoms with Crippen molar-refractivity contribution in [2.75, 3.05) is 26.2 Å². The Kier molecular flexibility index (Phi) is 6.54. The summed E-state index contributed by atoms with van der Waals surface area (Å²) in [5.74, 6) is -0.804. The van der Waals surface area contributed by atoms with Crippen LogP contribution in [0.1, 0.15) is 28.3 Å². The summed E-state index contributed by atoms with van der Waals surface area (Å²) in [6.07, 6.45) is 0. The highest BCUT2D eigenvalue weighted by molar-refractivity contribution is 7.22. The van der Waals surface area contributed by atoms with E-state index in [1.54, 1.807) is 24.3 Å². The van der Waals surface area contributed by atoms with Crippen LogP contribution < -0.4 is 19.1 Å². The number of ketones is 1. The zero-order valence-electron chi connectivity index (χ0n) is 21.6. The van der Waals surface area contributed by atoms with Gasteiger partial charge in [-0.15, -0.1) is 0 Å². The summed E-state index contributed by atoms with van der Waals surface area (Å²) in [7, 11) is 4.47. The second kappa shape index (κ2) is 9.83. The lowest BCUT2D eigenvalue weighted by Gasteiger charge is -2.24. The van der Waals surface area contributed by atoms with Crippen molar-refractivity contribution in [2.24, 2.45) is 0 Å². The van der Waals surface area contributed by atoms with Crippen molar-refractivity contribution in [3.05, 3.63) is 82.4 Å². The number of aromatic nitrogens is 1. The Labute approximate surface area is 223 Å². The molecule has 0 spiro atoms. The normalized spacial score (nSPS) is 16.8. The number of carbonyl (C=O) groups excluding carboxylic acids is 2. The van der Waals surface area contributed by atoms with Crippen molar-refractivity contribution < 1.29 is 28.9 Å². The van der Waals surface area contributed by atoms with Crippen molar-refractivity contribution in [1.29, 1.82) is 0 Å². The van der Waals surface area contributed by atoms with Crippen LogP contribution >= 0.6 is 11.3 Å². The van der Waals surface area contributed by atoms with Crippen molar-refractivity contribution in [1.82, 2.24) is 4.98 Å². The predicted molar refractivity (Wildman–Crippen MR) is 146 cm³/mol. The Morgan fingerprint density at radius 3 is 2.13 bits per heavy atom. The van der Waals surface area contributed by atoms with Crippen LogP contribution in [0.3, 0.4) is 0 Å². The molecule has 1 fully saturated rings. The van der Waals surface area contributed by atoms with Crippen molar-refractivity contribution in [3.63, 3.8) is 0 Å². The van der Waals surface area contributed by atoms with Gasteiger partial charge in [-0.1, -0.05) is 47.2 Å². The van der Waals surface area contributed by atoms with E-state index in [0.29, 0.717) is 39.0 Å². The fraction of sp³-hybridized carbons (Fsp3) is 0.207. The Morgan fingerprint density at radius 2 is 1.53 bits per heavy atom. The molecule has 0 aliphatic carbocycles. The number of benzene rings is 3. The molecule has 2 heterocycles. The highest BCUT2D eigenvalue weighted by atomic mass is 32.1. The van der Waals surface area contributed by atoms with E-state index in [0.717, 1.165) is 15.8 Å². The van der Waals surface area contributed by atoms with E-state index in [4.69, 9.17) is 14.2 Å². The van der Waals surface area contributed by atoms with Gasteiger partial charge in [-0.3, -0.25) is 14.5 Å². The number of nitrogens with zero attached hydrogens (tertiary/aromatic N) is 2. The second-order valence-electron chi connectivity index (χ2n) is 8.96. The zero-order valence-corrected chi connectivity index (χ0v) is 22.4. The molecule has 1 aliphatic rings. The molecule has 1 aliphatic heterocycles. The van der Waals surface area contributed by atoms with E-state index in [2.05, 4.69) is 4.98 Å². The molecular formula is C29H26N2O6S. The summed E-state index contributed by atoms with van der Waals surface area (Å²) < 4.78 is 17.4. The molecule has 38 heavy (non-hydrogen) atoms. The molecule has 1 atom stereocenters. The second-order valence-corrected chi connectivity index (χ2v) is 9.97. The van der Waals surface area contributed by atoms with Gasteiger partial charge in [0.15, 0.2) is 16.6 Å². The number of ether oxygens (including phenoxy) is 3. The van der Waals surface area contributed by atoms with Crippen LogP contribution in [0.4, 0.5) is 5.13 Å². The fourth-order valence-corrected chi connectivity index (χ4v) is 5.68. The SMILES string of the molecule is COc1cc(C2C(=C(O)c3ccc(C)cc3)C(=O)C(=O)N2c2nc3ccc(C)cc3s2)cc(OC)c1OC. The van der Waals surface area contributed by atoms with Gasteiger partial charge in [-0.2, -0.15) is 0 Å². The first-order chi connectivity index (χ1) is 18.3. The minimum Gasteiger partial charge on any atom is -0.507 e. The monoisotopic (exact) mass is 530 g/mol. The molecule has 5 rings (SSSR count). The largest absolute Gasteiger partial charge is 0.507 e. The standard InChI is InChI=1S/C29H26N2O6S/c1-15-6-9-17(10-7-15)25(32)23-24(18-13-20(35-3)27(37-5)21(14-18)36-4)31(28(34)26(23)33)29-30-19-11-8-16(2)12-22(19)38-29/h6-14,24,32H,1-5H3. The summed E-state index contributed by atoms with van der Waals surface area (Å²) in [5.41, 5.74) is 3.61. The van der Waals surface area contributed by atoms with Crippen molar-refractivity contribution >= 4 is 44.1 Å². The summed E-state index contributed by atoms with van der Waals surface area (Å²) in [4.78, 5) is 33.1. The van der Waals surface area contributed by atoms with Gasteiger partial charge in [0.1, 0.15) is 5.76 Å². The Morgan fingerprint density at radius 1 is 0.895 bits per heavy atom. The number of thiazole rings is 1. The maximum atomic E-state index is 13.6. The third-order valence-corrected chi connectivity index (χ3v) is 7.53. The number of hydrogen-bond donors (Lipinski definition) is 1. The van der Waals surface area contributed by atoms with Gasteiger partial charge in [0.05, 0.1) is 43.2 Å². The Hall–Kier alpha value is -4.37. The topological polar surface area (TPSA) is 98.2 Å². The molecule has 1 N–H and O–H groups in total. The first-order valence-electron chi connectivity index (χ1n) is 11.8. The van der Waals surface area contributed by atoms with E-state index in [9.17, 15) is 14.7 Å². The first-order valence-corrected chi connectivity index (χ1v) is 12.6. The number of carbonyl (C=O) groups is 2. The fourth-order valence-electron chi connectivity index (χ4n) is 4.59. The van der Waals surface area contributed by atoms with Gasteiger partial charge >= 0.3 is 5.91 Å². The summed E-state index contributed by atoms with van der Waals surface area (Å²) >= 11 is 1.30. The number of aryl methyl sites for hydroxylation is 2. The number of aliphatic hydroxyl groups is 1. The van der Waals surface area contributed by atoms with E-state index in [1.807, 2.05) is 44.2 Å². The van der Waals surface area contributed by atoms with Crippen molar-refractivity contribution in [3.8, 4) is 17.2 Å². The van der Waals surface area contributed by atoms with Gasteiger partial charge < -0.3 is 19.3 Å². The molecule has 0 saturated carbocycles. The average Bonchev–Trinajstić information content (AvgIpc) is 3.45. The lowest BCUT2D eigenvalue weighted by Crippen LogP contribution is -2.29. The molecule has 194 valence electrons. The van der Waals surface area contributed by atoms with Gasteiger partial charge in [0.2, 0.25) is 5.75 Å². The van der Waals surface area contributed by atoms with Gasteiger partial charge in [-0.05, 0) is 49.2 Å². The number of amides is 1. The molecule has 1 amide bonds. The molecule has 3 aromatic carbocycles. The van der Waals surface area contributed by atoms with Crippen LogP contribution in [0, 0.1) is 13.8 Å². The molecule has 1 aromatic heterocycles. The van der Waals surface area contributed by atoms with E-state index in [-0.39, 0.29) is 11.3 Å². The maximum Gasteiger partial charge on any atom is 0.301 e. The van der Waals surface area contributed by atoms with Crippen LogP contribution in [0.5, 0.6) is 17.2 Å². The highest BCUT2D eigenvalue weighted by Crippen LogP contribution is 2.48. The summed E-state index contributed by atoms with van der Waals surface area (Å²) in [6, 6.07) is 15.2. The molecule has 8 nitrogen and oxygen atoms in total. The predicted octanol–water partition coefficient (Wildman–Crippen LogP) is 5.57. The van der Waals surface area contributed by atoms with Crippen LogP contribution in [0.25, 0.3) is 16.0 Å². The Balaban J connectivity index is 1.78. The summed E-state index contributed by atoms with van der Waals surface area (Å²) in [6.45, 7) is 3.90. The van der Waals surface area contributed by atoms with E-state index in [1.165, 1.54) is 37.6 Å². The zero-order chi connectivity index (χ0) is 27.1. The van der Waals surface area contributed by atoms with E-state index < -0.39 is 17.7 Å². The molecule has 0 bridgehead atoms. The van der Waals surface area contributed by atoms with E-state index >= 15 is 0 Å². The molecule has 1 unspecified atom stereocenters. The number of anilines is 1. The minimum absolute atomic E-state index is 0.0523. The molecule has 1 saturated heterocycles. The number of methoxy groups -OCH3 is 3. The lowest BCUT2D eigenvalue weighted by molar-refractivity contribution is -0.132. The number of fused-ring (bicyclic) bond motifs is 1. The van der Waals surface area contributed by atoms with Crippen LogP contribution in [-0.2, 0) is 9.59 Å². The number of rotatable bonds is 6. The lowest BCUT2D eigenvalue weighted by atomic mass is 9.94. The molecule has 9 heteroatoms. The van der Waals surface area contributed by atoms with Crippen LogP contribution in [-0.4, -0.2) is 43.1 Å². The van der Waals surface area contributed by atoms with Gasteiger partial charge in [-0.25, -0.2) is 4.98 Å². The van der Waals surface area contributed by atoms with Gasteiger partial charge in [0.25, 0.3) is 5.78 Å². The molecule has 4 aromatic rings. The quantitative estimate of drug-likeness (QED) is 0.198. The Bertz CT molecular complexity index is 1580. The third-order valence-electron chi connectivity index (χ3n) is 6.51. The van der Waals surface area contributed by atoms with Crippen molar-refractivity contribution in [2.45, 2.75) is 19.9 Å². The number of aliphatic hydroxyl groups excluding tert-OH is 1. The van der Waals surface area contributed by atoms with Crippen LogP contribution in [0.15, 0.2) is 60.2 Å². The van der Waals surface area contributed by atoms with Crippen LogP contribution in [0.2, 0.25) is 0 Å². The number of Topliss-reactive ketones (excluding diaryl/α,β-unsaturated/α-hetero) is 1. The smallest absolute Gasteiger partial charge is 0.301 e. The van der Waals surface area contributed by atoms with Gasteiger partial charge in [0, 0.05) is 5.56 Å². The molecule has 0 radical (unpaired) electrons. The third kappa shape index (κ3) is 4.14. The minimum atomic E-state index is -0.994. The highest BCUT2D eigenvalue weighted by Gasteiger charge is 2.48. The first kappa shape index (κ1) is 25.3. The summed E-state index contributed by atoms with van der Waals surface area (Å²) in [5, 5.41) is 11.7. The number of hydrogen-bond acceptors (Lipinski definition) is 8.